The highest BCUT2D eigenvalue weighted by Gasteiger charge is 1.92. The van der Waals surface area contributed by atoms with Gasteiger partial charge >= 0.3 is 0 Å². The molecule has 0 spiro atoms. The van der Waals surface area contributed by atoms with Crippen LogP contribution in [0.1, 0.15) is 13.8 Å². The molecule has 0 aromatic heterocycles. The summed E-state index contributed by atoms with van der Waals surface area (Å²) >= 11 is 0. The van der Waals surface area contributed by atoms with E-state index < -0.39 is 0 Å². The van der Waals surface area contributed by atoms with Crippen molar-refractivity contribution in [3.05, 3.63) is 23.9 Å². The predicted octanol–water partition coefficient (Wildman–Crippen LogP) is 1.87. The van der Waals surface area contributed by atoms with Crippen molar-refractivity contribution >= 4 is 0 Å². The summed E-state index contributed by atoms with van der Waals surface area (Å²) in [6.45, 7) is 4.10. The molecular formula is C9H18N2. The average Bonchev–Trinajstić information content (AvgIpc) is 1.87. The number of hydrazine groups is 1. The molecule has 11 heavy (non-hydrogen) atoms. The maximum atomic E-state index is 2.08. The molecule has 0 aliphatic carbocycles. The summed E-state index contributed by atoms with van der Waals surface area (Å²) in [5.41, 5.74) is 1.25. The molecule has 0 radical (unpaired) electrons. The van der Waals surface area contributed by atoms with Crippen molar-refractivity contribution in [3.8, 4) is 0 Å². The molecule has 0 saturated carbocycles. The van der Waals surface area contributed by atoms with Gasteiger partial charge in [0.25, 0.3) is 0 Å². The van der Waals surface area contributed by atoms with Crippen molar-refractivity contribution in [3.63, 3.8) is 0 Å². The molecule has 0 bridgehead atoms. The van der Waals surface area contributed by atoms with E-state index in [0.717, 1.165) is 0 Å². The molecule has 0 aromatic rings. The SMILES string of the molecule is C/C=C\C(C)=C\N(C)N(C)C. The van der Waals surface area contributed by atoms with E-state index in [1.165, 1.54) is 5.57 Å². The summed E-state index contributed by atoms with van der Waals surface area (Å²) in [5.74, 6) is 0. The van der Waals surface area contributed by atoms with E-state index in [1.807, 2.05) is 44.2 Å². The number of allylic oxidation sites excluding steroid dienone is 3. The molecule has 0 heterocycles. The van der Waals surface area contributed by atoms with Crippen LogP contribution in [0.5, 0.6) is 0 Å². The van der Waals surface area contributed by atoms with Crippen molar-refractivity contribution in [2.24, 2.45) is 0 Å². The van der Waals surface area contributed by atoms with Crippen LogP contribution in [0.2, 0.25) is 0 Å². The average molecular weight is 154 g/mol. The Kier molecular flexibility index (Phi) is 4.62. The third-order valence-electron chi connectivity index (χ3n) is 1.45. The van der Waals surface area contributed by atoms with Crippen molar-refractivity contribution < 1.29 is 0 Å². The fraction of sp³-hybridized carbons (Fsp3) is 0.556. The maximum absolute atomic E-state index is 2.08. The predicted molar refractivity (Wildman–Crippen MR) is 50.0 cm³/mol. The lowest BCUT2D eigenvalue weighted by Gasteiger charge is -2.22. The minimum absolute atomic E-state index is 1.25. The molecular weight excluding hydrogens is 136 g/mol. The molecule has 64 valence electrons. The van der Waals surface area contributed by atoms with E-state index in [-0.39, 0.29) is 0 Å². The van der Waals surface area contributed by atoms with Crippen LogP contribution < -0.4 is 0 Å². The van der Waals surface area contributed by atoms with Gasteiger partial charge in [-0.1, -0.05) is 12.2 Å². The monoisotopic (exact) mass is 154 g/mol. The molecule has 0 saturated heterocycles. The van der Waals surface area contributed by atoms with Crippen LogP contribution in [0.15, 0.2) is 23.9 Å². The highest BCUT2D eigenvalue weighted by Crippen LogP contribution is 1.97. The van der Waals surface area contributed by atoms with Gasteiger partial charge in [0.1, 0.15) is 0 Å². The lowest BCUT2D eigenvalue weighted by molar-refractivity contribution is 0.115. The zero-order valence-electron chi connectivity index (χ0n) is 8.13. The van der Waals surface area contributed by atoms with Gasteiger partial charge in [-0.05, 0) is 19.4 Å². The zero-order valence-corrected chi connectivity index (χ0v) is 8.13. The van der Waals surface area contributed by atoms with Gasteiger partial charge in [0, 0.05) is 27.3 Å². The van der Waals surface area contributed by atoms with Gasteiger partial charge in [0.15, 0.2) is 0 Å². The highest BCUT2D eigenvalue weighted by molar-refractivity contribution is 5.13. The first-order chi connectivity index (χ1) is 5.07. The fourth-order valence-corrected chi connectivity index (χ4v) is 0.716. The van der Waals surface area contributed by atoms with Crippen LogP contribution in [0.25, 0.3) is 0 Å². The molecule has 2 nitrogen and oxygen atoms in total. The molecule has 0 atom stereocenters. The molecule has 0 aromatic carbocycles. The van der Waals surface area contributed by atoms with E-state index in [0.29, 0.717) is 0 Å². The van der Waals surface area contributed by atoms with Gasteiger partial charge in [-0.15, -0.1) is 0 Å². The van der Waals surface area contributed by atoms with Crippen molar-refractivity contribution in [2.75, 3.05) is 21.1 Å². The molecule has 0 rings (SSSR count). The summed E-state index contributed by atoms with van der Waals surface area (Å²) < 4.78 is 0. The van der Waals surface area contributed by atoms with Gasteiger partial charge in [-0.25, -0.2) is 5.01 Å². The van der Waals surface area contributed by atoms with Crippen molar-refractivity contribution in [1.29, 1.82) is 0 Å². The minimum Gasteiger partial charge on any atom is -0.316 e. The summed E-state index contributed by atoms with van der Waals surface area (Å²) in [6.07, 6.45) is 6.20. The molecule has 0 N–H and O–H groups in total. The molecule has 0 amide bonds. The van der Waals surface area contributed by atoms with Crippen LogP contribution in [-0.4, -0.2) is 31.2 Å². The van der Waals surface area contributed by atoms with E-state index in [4.69, 9.17) is 0 Å². The number of rotatable bonds is 3. The van der Waals surface area contributed by atoms with E-state index in [1.54, 1.807) is 0 Å². The van der Waals surface area contributed by atoms with Crippen molar-refractivity contribution in [2.45, 2.75) is 13.8 Å². The molecule has 0 fully saturated rings. The first kappa shape index (κ1) is 10.2. The minimum atomic E-state index is 1.25. The Morgan fingerprint density at radius 3 is 2.09 bits per heavy atom. The van der Waals surface area contributed by atoms with Gasteiger partial charge in [-0.2, -0.15) is 0 Å². The van der Waals surface area contributed by atoms with E-state index in [2.05, 4.69) is 19.2 Å². The first-order valence-corrected chi connectivity index (χ1v) is 3.79. The fourth-order valence-electron chi connectivity index (χ4n) is 0.716. The smallest absolute Gasteiger partial charge is 0.0227 e. The second-order valence-corrected chi connectivity index (χ2v) is 2.79. The summed E-state index contributed by atoms with van der Waals surface area (Å²) in [6, 6.07) is 0. The van der Waals surface area contributed by atoms with Crippen molar-refractivity contribution in [1.82, 2.24) is 10.0 Å². The Bertz CT molecular complexity index is 157. The third kappa shape index (κ3) is 4.62. The largest absolute Gasteiger partial charge is 0.316 e. The van der Waals surface area contributed by atoms with Gasteiger partial charge in [-0.3, -0.25) is 0 Å². The Hall–Kier alpha value is -0.760. The normalized spacial score (nSPS) is 13.1. The quantitative estimate of drug-likeness (QED) is 0.452. The van der Waals surface area contributed by atoms with Gasteiger partial charge < -0.3 is 5.01 Å². The Balaban J connectivity index is 4.07. The standard InChI is InChI=1S/C9H18N2/c1-6-7-9(2)8-11(5)10(3)4/h6-8H,1-5H3/b7-6-,9-8+. The van der Waals surface area contributed by atoms with Crippen LogP contribution in [0.3, 0.4) is 0 Å². The van der Waals surface area contributed by atoms with Gasteiger partial charge in [0.2, 0.25) is 0 Å². The number of hydrogen-bond donors (Lipinski definition) is 0. The highest BCUT2D eigenvalue weighted by atomic mass is 15.6. The zero-order chi connectivity index (χ0) is 8.85. The topological polar surface area (TPSA) is 6.48 Å². The summed E-state index contributed by atoms with van der Waals surface area (Å²) in [7, 11) is 6.05. The second-order valence-electron chi connectivity index (χ2n) is 2.79. The van der Waals surface area contributed by atoms with Crippen LogP contribution in [0, 0.1) is 0 Å². The second kappa shape index (κ2) is 4.97. The molecule has 2 heteroatoms. The summed E-state index contributed by atoms with van der Waals surface area (Å²) in [4.78, 5) is 0. The first-order valence-electron chi connectivity index (χ1n) is 3.79. The Labute approximate surface area is 69.8 Å². The van der Waals surface area contributed by atoms with Crippen LogP contribution >= 0.6 is 0 Å². The van der Waals surface area contributed by atoms with E-state index in [9.17, 15) is 0 Å². The molecule has 0 aliphatic rings. The lowest BCUT2D eigenvalue weighted by Crippen LogP contribution is -2.28. The van der Waals surface area contributed by atoms with Crippen LogP contribution in [-0.2, 0) is 0 Å². The Morgan fingerprint density at radius 2 is 1.73 bits per heavy atom. The summed E-state index contributed by atoms with van der Waals surface area (Å²) in [5, 5.41) is 4.06. The van der Waals surface area contributed by atoms with E-state index >= 15 is 0 Å². The molecule has 0 unspecified atom stereocenters. The lowest BCUT2D eigenvalue weighted by atomic mass is 10.3. The number of nitrogens with zero attached hydrogens (tertiary/aromatic N) is 2. The van der Waals surface area contributed by atoms with Crippen LogP contribution in [0.4, 0.5) is 0 Å². The number of hydrogen-bond acceptors (Lipinski definition) is 2. The van der Waals surface area contributed by atoms with Gasteiger partial charge in [0.05, 0.1) is 0 Å². The molecule has 0 aliphatic heterocycles. The third-order valence-corrected chi connectivity index (χ3v) is 1.45. The maximum Gasteiger partial charge on any atom is 0.0227 e. The Morgan fingerprint density at radius 1 is 1.18 bits per heavy atom.